The van der Waals surface area contributed by atoms with Crippen LogP contribution in [0.2, 0.25) is 0 Å². The van der Waals surface area contributed by atoms with Crippen LogP contribution in [0, 0.1) is 0 Å². The minimum Gasteiger partial charge on any atom is -0.481 e. The standard InChI is InChI=1S/C25H28N2O2/c1-19(29-24-14-11-21-7-3-4-8-22(21)17-24)25(28)26-18-20-9-12-23(13-10-20)27-15-5-2-6-16-27/h3-4,7-14,17,19H,2,5-6,15-16,18H2,1H3,(H,26,28)/t19-/m1/s1. The SMILES string of the molecule is C[C@@H](Oc1ccc2ccccc2c1)C(=O)NCc1ccc(N2CCCCC2)cc1. The molecule has 0 saturated carbocycles. The van der Waals surface area contributed by atoms with E-state index in [4.69, 9.17) is 4.74 Å². The van der Waals surface area contributed by atoms with Crippen LogP contribution in [0.25, 0.3) is 10.8 Å². The molecule has 4 nitrogen and oxygen atoms in total. The maximum Gasteiger partial charge on any atom is 0.261 e. The highest BCUT2D eigenvalue weighted by Gasteiger charge is 2.15. The first-order valence-electron chi connectivity index (χ1n) is 10.5. The molecule has 1 N–H and O–H groups in total. The fraction of sp³-hybridized carbons (Fsp3) is 0.320. The van der Waals surface area contributed by atoms with Crippen LogP contribution in [0.5, 0.6) is 5.75 Å². The number of fused-ring (bicyclic) bond motifs is 1. The summed E-state index contributed by atoms with van der Waals surface area (Å²) in [5.74, 6) is 0.593. The normalized spacial score (nSPS) is 15.1. The summed E-state index contributed by atoms with van der Waals surface area (Å²) < 4.78 is 5.85. The number of carbonyl (C=O) groups excluding carboxylic acids is 1. The van der Waals surface area contributed by atoms with E-state index in [0.717, 1.165) is 29.4 Å². The molecule has 1 saturated heterocycles. The lowest BCUT2D eigenvalue weighted by Crippen LogP contribution is -2.35. The van der Waals surface area contributed by atoms with E-state index in [0.29, 0.717) is 12.3 Å². The van der Waals surface area contributed by atoms with Gasteiger partial charge in [0, 0.05) is 25.3 Å². The fourth-order valence-electron chi connectivity index (χ4n) is 3.81. The van der Waals surface area contributed by atoms with Crippen molar-refractivity contribution < 1.29 is 9.53 Å². The molecule has 0 unspecified atom stereocenters. The first-order valence-corrected chi connectivity index (χ1v) is 10.5. The number of amides is 1. The largest absolute Gasteiger partial charge is 0.481 e. The number of carbonyl (C=O) groups is 1. The van der Waals surface area contributed by atoms with Gasteiger partial charge in [-0.1, -0.05) is 42.5 Å². The molecule has 1 amide bonds. The molecule has 1 aliphatic rings. The number of nitrogens with zero attached hydrogens (tertiary/aromatic N) is 1. The van der Waals surface area contributed by atoms with Gasteiger partial charge in [0.2, 0.25) is 0 Å². The highest BCUT2D eigenvalue weighted by atomic mass is 16.5. The first kappa shape index (κ1) is 19.3. The Morgan fingerprint density at radius 3 is 2.45 bits per heavy atom. The van der Waals surface area contributed by atoms with Crippen molar-refractivity contribution in [2.75, 3.05) is 18.0 Å². The van der Waals surface area contributed by atoms with Gasteiger partial charge >= 0.3 is 0 Å². The molecule has 0 aliphatic carbocycles. The van der Waals surface area contributed by atoms with Crippen LogP contribution >= 0.6 is 0 Å². The van der Waals surface area contributed by atoms with Crippen LogP contribution in [0.3, 0.4) is 0 Å². The second kappa shape index (κ2) is 8.99. The second-order valence-corrected chi connectivity index (χ2v) is 7.70. The maximum atomic E-state index is 12.5. The van der Waals surface area contributed by atoms with E-state index in [1.807, 2.05) is 36.4 Å². The smallest absolute Gasteiger partial charge is 0.261 e. The number of rotatable bonds is 6. The van der Waals surface area contributed by atoms with E-state index in [9.17, 15) is 4.79 Å². The van der Waals surface area contributed by atoms with E-state index in [-0.39, 0.29) is 5.91 Å². The first-order chi connectivity index (χ1) is 14.2. The third-order valence-corrected chi connectivity index (χ3v) is 5.53. The number of benzene rings is 3. The van der Waals surface area contributed by atoms with Crippen LogP contribution in [-0.2, 0) is 11.3 Å². The topological polar surface area (TPSA) is 41.6 Å². The zero-order valence-corrected chi connectivity index (χ0v) is 16.9. The number of hydrogen-bond donors (Lipinski definition) is 1. The lowest BCUT2D eigenvalue weighted by molar-refractivity contribution is -0.127. The predicted molar refractivity (Wildman–Crippen MR) is 118 cm³/mol. The summed E-state index contributed by atoms with van der Waals surface area (Å²) in [5, 5.41) is 5.24. The minimum absolute atomic E-state index is 0.113. The minimum atomic E-state index is -0.552. The molecular formula is C25H28N2O2. The predicted octanol–water partition coefficient (Wildman–Crippen LogP) is 4.91. The van der Waals surface area contributed by atoms with Crippen LogP contribution in [0.15, 0.2) is 66.7 Å². The summed E-state index contributed by atoms with van der Waals surface area (Å²) in [6.45, 7) is 4.56. The molecule has 1 atom stereocenters. The molecule has 3 aromatic carbocycles. The van der Waals surface area contributed by atoms with Gasteiger partial charge in [0.05, 0.1) is 0 Å². The average molecular weight is 389 g/mol. The van der Waals surface area contributed by atoms with Gasteiger partial charge in [0.25, 0.3) is 5.91 Å². The van der Waals surface area contributed by atoms with Gasteiger partial charge < -0.3 is 15.0 Å². The zero-order valence-electron chi connectivity index (χ0n) is 16.9. The molecular weight excluding hydrogens is 360 g/mol. The number of nitrogens with one attached hydrogen (secondary N) is 1. The molecule has 3 aromatic rings. The molecule has 0 bridgehead atoms. The number of anilines is 1. The molecule has 0 spiro atoms. The van der Waals surface area contributed by atoms with Gasteiger partial charge in [-0.2, -0.15) is 0 Å². The molecule has 4 rings (SSSR count). The maximum absolute atomic E-state index is 12.5. The van der Waals surface area contributed by atoms with Crippen molar-refractivity contribution in [3.8, 4) is 5.75 Å². The van der Waals surface area contributed by atoms with Crippen LogP contribution in [0.4, 0.5) is 5.69 Å². The molecule has 1 fully saturated rings. The quantitative estimate of drug-likeness (QED) is 0.652. The second-order valence-electron chi connectivity index (χ2n) is 7.70. The third kappa shape index (κ3) is 4.89. The van der Waals surface area contributed by atoms with Crippen molar-refractivity contribution >= 4 is 22.4 Å². The highest BCUT2D eigenvalue weighted by Crippen LogP contribution is 2.22. The number of piperidine rings is 1. The number of ether oxygens (including phenoxy) is 1. The summed E-state index contributed by atoms with van der Waals surface area (Å²) >= 11 is 0. The Bertz CT molecular complexity index is 962. The molecule has 1 aliphatic heterocycles. The monoisotopic (exact) mass is 388 g/mol. The Morgan fingerprint density at radius 2 is 1.69 bits per heavy atom. The van der Waals surface area contributed by atoms with Crippen molar-refractivity contribution in [2.45, 2.75) is 38.8 Å². The van der Waals surface area contributed by atoms with Crippen molar-refractivity contribution in [3.63, 3.8) is 0 Å². The van der Waals surface area contributed by atoms with Crippen LogP contribution < -0.4 is 15.0 Å². The van der Waals surface area contributed by atoms with Crippen LogP contribution in [0.1, 0.15) is 31.7 Å². The van der Waals surface area contributed by atoms with E-state index in [1.54, 1.807) is 6.92 Å². The summed E-state index contributed by atoms with van der Waals surface area (Å²) in [6.07, 6.45) is 3.32. The Labute approximate surface area is 172 Å². The Balaban J connectivity index is 1.30. The van der Waals surface area contributed by atoms with Crippen molar-refractivity contribution in [1.82, 2.24) is 5.32 Å². The van der Waals surface area contributed by atoms with Gasteiger partial charge in [-0.3, -0.25) is 4.79 Å². The van der Waals surface area contributed by atoms with E-state index >= 15 is 0 Å². The van der Waals surface area contributed by atoms with Crippen molar-refractivity contribution in [3.05, 3.63) is 72.3 Å². The molecule has 150 valence electrons. The fourth-order valence-corrected chi connectivity index (χ4v) is 3.81. The third-order valence-electron chi connectivity index (χ3n) is 5.53. The summed E-state index contributed by atoms with van der Waals surface area (Å²) in [7, 11) is 0. The Morgan fingerprint density at radius 1 is 0.966 bits per heavy atom. The summed E-state index contributed by atoms with van der Waals surface area (Å²) in [4.78, 5) is 14.9. The van der Waals surface area contributed by atoms with Gasteiger partial charge in [0.15, 0.2) is 6.10 Å². The molecule has 4 heteroatoms. The lowest BCUT2D eigenvalue weighted by Gasteiger charge is -2.28. The molecule has 0 aromatic heterocycles. The Kier molecular flexibility index (Phi) is 5.99. The van der Waals surface area contributed by atoms with Crippen LogP contribution in [-0.4, -0.2) is 25.1 Å². The van der Waals surface area contributed by atoms with Gasteiger partial charge in [-0.05, 0) is 66.8 Å². The summed E-state index contributed by atoms with van der Waals surface area (Å²) in [5.41, 5.74) is 2.37. The number of hydrogen-bond acceptors (Lipinski definition) is 3. The zero-order chi connectivity index (χ0) is 20.1. The average Bonchev–Trinajstić information content (AvgIpc) is 2.78. The molecule has 0 radical (unpaired) electrons. The van der Waals surface area contributed by atoms with Gasteiger partial charge in [0.1, 0.15) is 5.75 Å². The summed E-state index contributed by atoms with van der Waals surface area (Å²) in [6, 6.07) is 22.5. The van der Waals surface area contributed by atoms with E-state index in [1.165, 1.54) is 24.9 Å². The molecule has 29 heavy (non-hydrogen) atoms. The van der Waals surface area contributed by atoms with E-state index in [2.05, 4.69) is 40.5 Å². The Hall–Kier alpha value is -3.01. The van der Waals surface area contributed by atoms with E-state index < -0.39 is 6.10 Å². The lowest BCUT2D eigenvalue weighted by atomic mass is 10.1. The van der Waals surface area contributed by atoms with Gasteiger partial charge in [-0.25, -0.2) is 0 Å². The highest BCUT2D eigenvalue weighted by molar-refractivity contribution is 5.84. The molecule has 1 heterocycles. The van der Waals surface area contributed by atoms with Gasteiger partial charge in [-0.15, -0.1) is 0 Å². The van der Waals surface area contributed by atoms with Crippen molar-refractivity contribution in [1.29, 1.82) is 0 Å². The van der Waals surface area contributed by atoms with Crippen molar-refractivity contribution in [2.24, 2.45) is 0 Å².